The van der Waals surface area contributed by atoms with Gasteiger partial charge in [-0.05, 0) is 30.1 Å². The average Bonchev–Trinajstić information content (AvgIpc) is 3.10. The summed E-state index contributed by atoms with van der Waals surface area (Å²) >= 11 is 3.12. The van der Waals surface area contributed by atoms with Gasteiger partial charge < -0.3 is 19.9 Å². The number of halogens is 1. The lowest BCUT2D eigenvalue weighted by molar-refractivity contribution is -0.155. The van der Waals surface area contributed by atoms with Crippen molar-refractivity contribution in [3.05, 3.63) is 57.1 Å². The Labute approximate surface area is 215 Å². The Morgan fingerprint density at radius 3 is 2.44 bits per heavy atom. The van der Waals surface area contributed by atoms with Gasteiger partial charge >= 0.3 is 17.6 Å². The molecule has 0 bridgehead atoms. The van der Waals surface area contributed by atoms with Crippen molar-refractivity contribution in [1.82, 2.24) is 9.55 Å². The Morgan fingerprint density at radius 1 is 1.19 bits per heavy atom. The second kappa shape index (κ2) is 11.3. The largest absolute Gasteiger partial charge is 0.463 e. The molecular weight excluding hydrogens is 562 g/mol. The molecule has 0 amide bonds. The normalized spacial score (nSPS) is 22.0. The summed E-state index contributed by atoms with van der Waals surface area (Å²) in [6.07, 6.45) is -2.71. The third-order valence-electron chi connectivity index (χ3n) is 5.11. The van der Waals surface area contributed by atoms with Crippen molar-refractivity contribution in [3.8, 4) is 0 Å². The first kappa shape index (κ1) is 27.5. The Hall–Kier alpha value is -3.07. The summed E-state index contributed by atoms with van der Waals surface area (Å²) in [6, 6.07) is 5.88. The maximum Gasteiger partial charge on any atom is 0.351 e. The van der Waals surface area contributed by atoms with E-state index >= 15 is 0 Å². The van der Waals surface area contributed by atoms with Crippen molar-refractivity contribution in [2.45, 2.75) is 50.2 Å². The number of hydrogen-bond acceptors (Lipinski definition) is 11. The van der Waals surface area contributed by atoms with Gasteiger partial charge in [0.1, 0.15) is 24.6 Å². The molecule has 0 saturated carbocycles. The van der Waals surface area contributed by atoms with E-state index in [0.29, 0.717) is 5.56 Å². The second-order valence-corrected chi connectivity index (χ2v) is 9.93. The zero-order valence-corrected chi connectivity index (χ0v) is 21.9. The summed E-state index contributed by atoms with van der Waals surface area (Å²) in [6.45, 7) is 3.60. The Bertz CT molecular complexity index is 1330. The van der Waals surface area contributed by atoms with Crippen molar-refractivity contribution < 1.29 is 36.4 Å². The van der Waals surface area contributed by atoms with Crippen LogP contribution in [0, 0.1) is 6.92 Å². The summed E-state index contributed by atoms with van der Waals surface area (Å²) in [7, 11) is -4.39. The van der Waals surface area contributed by atoms with Crippen LogP contribution in [0.3, 0.4) is 0 Å². The van der Waals surface area contributed by atoms with Gasteiger partial charge in [0.15, 0.2) is 12.3 Å². The van der Waals surface area contributed by atoms with E-state index in [-0.39, 0.29) is 10.7 Å². The Morgan fingerprint density at radius 2 is 1.86 bits per heavy atom. The second-order valence-electron chi connectivity index (χ2n) is 7.83. The number of nitrogens with two attached hydrogens (primary N) is 1. The zero-order valence-electron chi connectivity index (χ0n) is 19.5. The number of anilines is 1. The smallest absolute Gasteiger partial charge is 0.351 e. The van der Waals surface area contributed by atoms with Crippen LogP contribution in [-0.2, 0) is 38.1 Å². The van der Waals surface area contributed by atoms with Crippen LogP contribution >= 0.6 is 15.9 Å². The molecule has 36 heavy (non-hydrogen) atoms. The lowest BCUT2D eigenvalue weighted by atomic mass is 10.1. The van der Waals surface area contributed by atoms with E-state index in [1.165, 1.54) is 29.4 Å². The number of rotatable bonds is 8. The monoisotopic (exact) mass is 585 g/mol. The number of hydrogen-bond donors (Lipinski definition) is 1. The molecule has 1 aromatic heterocycles. The van der Waals surface area contributed by atoms with Gasteiger partial charge in [0, 0.05) is 25.6 Å². The highest BCUT2D eigenvalue weighted by Gasteiger charge is 2.51. The molecular formula is C22H24BrN3O9S. The number of nitrogens with zero attached hydrogens (tertiary/aromatic N) is 2. The van der Waals surface area contributed by atoms with Crippen LogP contribution in [0.1, 0.15) is 31.2 Å². The van der Waals surface area contributed by atoms with E-state index in [2.05, 4.69) is 20.9 Å². The highest BCUT2D eigenvalue weighted by Crippen LogP contribution is 2.35. The van der Waals surface area contributed by atoms with Crippen LogP contribution in [0.15, 0.2) is 45.1 Å². The molecule has 0 unspecified atom stereocenters. The fraction of sp³-hybridized carbons (Fsp3) is 0.364. The molecule has 0 aliphatic carbocycles. The van der Waals surface area contributed by atoms with Crippen LogP contribution in [0.25, 0.3) is 6.08 Å². The van der Waals surface area contributed by atoms with E-state index in [4.69, 9.17) is 24.1 Å². The topological polar surface area (TPSA) is 166 Å². The number of carbonyl (C=O) groups is 2. The summed E-state index contributed by atoms with van der Waals surface area (Å²) in [4.78, 5) is 41.2. The van der Waals surface area contributed by atoms with Gasteiger partial charge in [0.05, 0.1) is 4.90 Å². The van der Waals surface area contributed by atoms with E-state index in [1.54, 1.807) is 19.1 Å². The Balaban J connectivity index is 2.08. The summed E-state index contributed by atoms with van der Waals surface area (Å²) in [5.74, 6) is -1.53. The number of nitrogen functional groups attached to an aromatic ring is 1. The van der Waals surface area contributed by atoms with Crippen LogP contribution in [-0.4, -0.2) is 54.8 Å². The van der Waals surface area contributed by atoms with E-state index in [0.717, 1.165) is 24.0 Å². The standard InChI is InChI=1S/C22H24BrN3O9S/c1-12-4-6-16(7-5-12)36(30,31)35-18-17(11-32-13(2)27)34-21(19(18)33-14(3)28)26-10-15(8-9-23)20(24)25-22(26)29/h4-10,17-19,21H,11H2,1-3H3,(H2,24,25,29)/t17-,18+,19-,21-/m1/s1. The quantitative estimate of drug-likeness (QED) is 0.353. The van der Waals surface area contributed by atoms with Gasteiger partial charge in [-0.2, -0.15) is 13.4 Å². The number of benzene rings is 1. The fourth-order valence-corrected chi connectivity index (χ4v) is 4.87. The lowest BCUT2D eigenvalue weighted by Crippen LogP contribution is -2.42. The van der Waals surface area contributed by atoms with Gasteiger partial charge in [0.25, 0.3) is 10.1 Å². The number of aryl methyl sites for hydroxylation is 1. The first-order valence-corrected chi connectivity index (χ1v) is 12.9. The van der Waals surface area contributed by atoms with E-state index in [9.17, 15) is 22.8 Å². The van der Waals surface area contributed by atoms with Gasteiger partial charge in [-0.15, -0.1) is 0 Å². The lowest BCUT2D eigenvalue weighted by Gasteiger charge is -2.24. The molecule has 4 atom stereocenters. The number of carbonyl (C=O) groups excluding carboxylic acids is 2. The van der Waals surface area contributed by atoms with Gasteiger partial charge in [0.2, 0.25) is 0 Å². The molecule has 1 aliphatic heterocycles. The molecule has 194 valence electrons. The molecule has 1 fully saturated rings. The van der Waals surface area contributed by atoms with E-state index < -0.39 is 58.9 Å². The first-order chi connectivity index (χ1) is 16.9. The van der Waals surface area contributed by atoms with Crippen molar-refractivity contribution in [2.75, 3.05) is 12.3 Å². The fourth-order valence-electron chi connectivity index (χ4n) is 3.48. The minimum Gasteiger partial charge on any atom is -0.463 e. The minimum absolute atomic E-state index is 0.0693. The summed E-state index contributed by atoms with van der Waals surface area (Å²) < 4.78 is 48.9. The molecule has 1 saturated heterocycles. The third-order valence-corrected chi connectivity index (χ3v) is 6.70. The molecule has 12 nitrogen and oxygen atoms in total. The highest BCUT2D eigenvalue weighted by molar-refractivity contribution is 9.11. The first-order valence-electron chi connectivity index (χ1n) is 10.5. The number of aromatic nitrogens is 2. The number of ether oxygens (including phenoxy) is 3. The summed E-state index contributed by atoms with van der Waals surface area (Å²) in [5, 5.41) is 0. The third kappa shape index (κ3) is 6.37. The van der Waals surface area contributed by atoms with Crippen LogP contribution in [0.5, 0.6) is 0 Å². The molecule has 14 heteroatoms. The number of esters is 2. The van der Waals surface area contributed by atoms with E-state index in [1.807, 2.05) is 0 Å². The van der Waals surface area contributed by atoms with Gasteiger partial charge in [-0.25, -0.2) is 4.79 Å². The predicted molar refractivity (Wildman–Crippen MR) is 130 cm³/mol. The maximum atomic E-state index is 13.1. The molecule has 3 rings (SSSR count). The van der Waals surface area contributed by atoms with Crippen LogP contribution in [0.2, 0.25) is 0 Å². The molecule has 1 aromatic carbocycles. The zero-order chi connectivity index (χ0) is 26.6. The van der Waals surface area contributed by atoms with Crippen molar-refractivity contribution in [3.63, 3.8) is 0 Å². The molecule has 2 N–H and O–H groups in total. The van der Waals surface area contributed by atoms with Gasteiger partial charge in [-0.1, -0.05) is 33.6 Å². The minimum atomic E-state index is -4.39. The van der Waals surface area contributed by atoms with Crippen molar-refractivity contribution >= 4 is 49.9 Å². The van der Waals surface area contributed by atoms with Crippen molar-refractivity contribution in [1.29, 1.82) is 0 Å². The molecule has 0 radical (unpaired) electrons. The highest BCUT2D eigenvalue weighted by atomic mass is 79.9. The van der Waals surface area contributed by atoms with Crippen LogP contribution in [0.4, 0.5) is 5.82 Å². The average molecular weight is 586 g/mol. The molecule has 0 spiro atoms. The maximum absolute atomic E-state index is 13.1. The van der Waals surface area contributed by atoms with Gasteiger partial charge in [-0.3, -0.25) is 18.3 Å². The Kier molecular flexibility index (Phi) is 8.66. The molecule has 2 heterocycles. The predicted octanol–water partition coefficient (Wildman–Crippen LogP) is 1.67. The van der Waals surface area contributed by atoms with Crippen molar-refractivity contribution in [2.24, 2.45) is 0 Å². The summed E-state index contributed by atoms with van der Waals surface area (Å²) in [5.41, 5.74) is 6.10. The van der Waals surface area contributed by atoms with Crippen LogP contribution < -0.4 is 11.4 Å². The molecule has 1 aliphatic rings. The molecule has 2 aromatic rings. The SMILES string of the molecule is CC(=O)OC[C@H]1O[C@@H](n2cc(C=CBr)c(N)nc2=O)[C@H](OC(C)=O)[C@H]1OS(=O)(=O)c1ccc(C)cc1.